The predicted molar refractivity (Wildman–Crippen MR) is 83.2 cm³/mol. The van der Waals surface area contributed by atoms with Crippen LogP contribution in [0.4, 0.5) is 17.8 Å². The van der Waals surface area contributed by atoms with Crippen molar-refractivity contribution in [1.82, 2.24) is 20.3 Å². The summed E-state index contributed by atoms with van der Waals surface area (Å²) in [4.78, 5) is 28.1. The monoisotopic (exact) mass is 296 g/mol. The predicted octanol–water partition coefficient (Wildman–Crippen LogP) is -0.424. The van der Waals surface area contributed by atoms with Gasteiger partial charge in [-0.3, -0.25) is 10.2 Å². The van der Waals surface area contributed by atoms with Gasteiger partial charge in [0.2, 0.25) is 23.8 Å². The van der Waals surface area contributed by atoms with E-state index in [-0.39, 0.29) is 18.4 Å². The quantitative estimate of drug-likeness (QED) is 0.438. The number of nitrogens with two attached hydrogens (primary N) is 1. The van der Waals surface area contributed by atoms with Gasteiger partial charge in [0, 0.05) is 26.7 Å². The molecule has 1 aromatic heterocycles. The molecular weight excluding hydrogens is 272 g/mol. The number of amides is 1. The molecule has 0 saturated carbocycles. The Kier molecular flexibility index (Phi) is 6.60. The highest BCUT2D eigenvalue weighted by molar-refractivity contribution is 5.80. The topological polar surface area (TPSA) is 112 Å². The molecule has 0 atom stereocenters. The summed E-state index contributed by atoms with van der Waals surface area (Å²) in [5, 5.41) is 2.73. The number of likely N-dealkylation sites (N-methyl/N-ethyl adjacent to an activating group) is 2. The minimum absolute atomic E-state index is 0.0907. The zero-order valence-corrected chi connectivity index (χ0v) is 13.1. The van der Waals surface area contributed by atoms with Crippen LogP contribution in [0.2, 0.25) is 0 Å². The fourth-order valence-corrected chi connectivity index (χ4v) is 1.78. The van der Waals surface area contributed by atoms with Gasteiger partial charge in [-0.1, -0.05) is 0 Å². The molecule has 0 aliphatic carbocycles. The highest BCUT2D eigenvalue weighted by Crippen LogP contribution is 2.15. The lowest BCUT2D eigenvalue weighted by atomic mass is 10.5. The summed E-state index contributed by atoms with van der Waals surface area (Å²) in [6, 6.07) is 0. The first-order chi connectivity index (χ1) is 10.0. The lowest BCUT2D eigenvalue weighted by Crippen LogP contribution is -2.36. The molecule has 1 heterocycles. The summed E-state index contributed by atoms with van der Waals surface area (Å²) >= 11 is 0. The second kappa shape index (κ2) is 8.20. The Bertz CT molecular complexity index is 463. The van der Waals surface area contributed by atoms with Crippen LogP contribution in [0.3, 0.4) is 0 Å². The molecule has 0 bridgehead atoms. The zero-order chi connectivity index (χ0) is 15.8. The Morgan fingerprint density at radius 1 is 1.14 bits per heavy atom. The van der Waals surface area contributed by atoms with Crippen molar-refractivity contribution in [3.05, 3.63) is 0 Å². The molecule has 0 aliphatic rings. The van der Waals surface area contributed by atoms with Gasteiger partial charge in [0.25, 0.3) is 0 Å². The van der Waals surface area contributed by atoms with Gasteiger partial charge in [-0.25, -0.2) is 5.84 Å². The van der Waals surface area contributed by atoms with Crippen LogP contribution in [-0.2, 0) is 4.79 Å². The van der Waals surface area contributed by atoms with E-state index >= 15 is 0 Å². The van der Waals surface area contributed by atoms with Crippen molar-refractivity contribution in [2.75, 3.05) is 48.5 Å². The number of hydrogen-bond donors (Lipinski definition) is 3. The van der Waals surface area contributed by atoms with Crippen LogP contribution < -0.4 is 26.4 Å². The van der Waals surface area contributed by atoms with Crippen molar-refractivity contribution in [1.29, 1.82) is 0 Å². The largest absolute Gasteiger partial charge is 0.355 e. The van der Waals surface area contributed by atoms with E-state index in [0.29, 0.717) is 18.4 Å². The first-order valence-electron chi connectivity index (χ1n) is 7.01. The molecule has 0 aliphatic heterocycles. The van der Waals surface area contributed by atoms with Crippen LogP contribution in [-0.4, -0.2) is 54.1 Å². The fourth-order valence-electron chi connectivity index (χ4n) is 1.78. The maximum absolute atomic E-state index is 11.6. The molecule has 0 saturated heterocycles. The minimum Gasteiger partial charge on any atom is -0.355 e. The number of hydrogen-bond acceptors (Lipinski definition) is 8. The highest BCUT2D eigenvalue weighted by atomic mass is 16.2. The van der Waals surface area contributed by atoms with Crippen molar-refractivity contribution >= 4 is 23.8 Å². The van der Waals surface area contributed by atoms with Gasteiger partial charge in [0.05, 0.1) is 6.54 Å². The molecule has 0 spiro atoms. The maximum Gasteiger partial charge on any atom is 0.243 e. The van der Waals surface area contributed by atoms with E-state index in [1.807, 2.05) is 25.7 Å². The van der Waals surface area contributed by atoms with E-state index < -0.39 is 0 Å². The van der Waals surface area contributed by atoms with Gasteiger partial charge in [-0.2, -0.15) is 15.0 Å². The van der Waals surface area contributed by atoms with Crippen molar-refractivity contribution in [2.45, 2.75) is 20.8 Å². The number of rotatable bonds is 8. The molecular formula is C12H24N8O. The molecule has 118 valence electrons. The third kappa shape index (κ3) is 4.71. The molecule has 1 rings (SSSR count). The van der Waals surface area contributed by atoms with Gasteiger partial charge in [-0.15, -0.1) is 0 Å². The Morgan fingerprint density at radius 2 is 1.76 bits per heavy atom. The summed E-state index contributed by atoms with van der Waals surface area (Å²) < 4.78 is 0. The average Bonchev–Trinajstić information content (AvgIpc) is 2.48. The molecule has 0 unspecified atom stereocenters. The Labute approximate surface area is 124 Å². The van der Waals surface area contributed by atoms with E-state index in [4.69, 9.17) is 5.84 Å². The molecule has 9 heteroatoms. The SMILES string of the molecule is CCNC(=O)CN(C)c1nc(NN)nc(N(CC)CC)n1. The first kappa shape index (κ1) is 16.9. The van der Waals surface area contributed by atoms with Crippen molar-refractivity contribution in [3.63, 3.8) is 0 Å². The molecule has 9 nitrogen and oxygen atoms in total. The number of anilines is 3. The normalized spacial score (nSPS) is 10.1. The zero-order valence-electron chi connectivity index (χ0n) is 13.1. The second-order valence-electron chi connectivity index (χ2n) is 4.39. The molecule has 1 amide bonds. The van der Waals surface area contributed by atoms with Crippen LogP contribution >= 0.6 is 0 Å². The van der Waals surface area contributed by atoms with Gasteiger partial charge >= 0.3 is 0 Å². The van der Waals surface area contributed by atoms with E-state index in [1.54, 1.807) is 11.9 Å². The van der Waals surface area contributed by atoms with Crippen LogP contribution in [0, 0.1) is 0 Å². The molecule has 0 radical (unpaired) electrons. The first-order valence-corrected chi connectivity index (χ1v) is 7.01. The van der Waals surface area contributed by atoms with Crippen LogP contribution in [0.1, 0.15) is 20.8 Å². The number of hydrazine groups is 1. The number of nitrogen functional groups attached to an aromatic ring is 1. The highest BCUT2D eigenvalue weighted by Gasteiger charge is 2.15. The van der Waals surface area contributed by atoms with E-state index in [9.17, 15) is 4.79 Å². The lowest BCUT2D eigenvalue weighted by molar-refractivity contribution is -0.119. The standard InChI is InChI=1S/C12H24N8O/c1-5-14-9(21)8-19(4)11-15-10(18-13)16-12(17-11)20(6-2)7-3/h5-8,13H2,1-4H3,(H,14,21)(H,15,16,17,18). The number of nitrogens with one attached hydrogen (secondary N) is 2. The molecule has 21 heavy (non-hydrogen) atoms. The molecule has 0 fully saturated rings. The van der Waals surface area contributed by atoms with E-state index in [0.717, 1.165) is 13.1 Å². The van der Waals surface area contributed by atoms with Gasteiger partial charge in [-0.05, 0) is 20.8 Å². The van der Waals surface area contributed by atoms with E-state index in [2.05, 4.69) is 25.7 Å². The minimum atomic E-state index is -0.0907. The number of aromatic nitrogens is 3. The van der Waals surface area contributed by atoms with Crippen molar-refractivity contribution < 1.29 is 4.79 Å². The van der Waals surface area contributed by atoms with Crippen LogP contribution in [0.5, 0.6) is 0 Å². The second-order valence-corrected chi connectivity index (χ2v) is 4.39. The Morgan fingerprint density at radius 3 is 2.29 bits per heavy atom. The van der Waals surface area contributed by atoms with Crippen molar-refractivity contribution in [2.24, 2.45) is 5.84 Å². The molecule has 1 aromatic rings. The summed E-state index contributed by atoms with van der Waals surface area (Å²) in [6.07, 6.45) is 0. The summed E-state index contributed by atoms with van der Waals surface area (Å²) in [6.45, 7) is 8.19. The molecule has 0 aromatic carbocycles. The Balaban J connectivity index is 3.00. The number of carbonyl (C=O) groups is 1. The number of carbonyl (C=O) groups excluding carboxylic acids is 1. The van der Waals surface area contributed by atoms with Gasteiger partial charge < -0.3 is 15.1 Å². The molecule has 4 N–H and O–H groups in total. The van der Waals surface area contributed by atoms with E-state index in [1.165, 1.54) is 0 Å². The summed E-state index contributed by atoms with van der Waals surface area (Å²) in [5.74, 6) is 6.50. The average molecular weight is 296 g/mol. The fraction of sp³-hybridized carbons (Fsp3) is 0.667. The maximum atomic E-state index is 11.6. The third-order valence-electron chi connectivity index (χ3n) is 2.88. The smallest absolute Gasteiger partial charge is 0.243 e. The van der Waals surface area contributed by atoms with Gasteiger partial charge in [0.1, 0.15) is 0 Å². The Hall–Kier alpha value is -2.16. The van der Waals surface area contributed by atoms with Gasteiger partial charge in [0.15, 0.2) is 0 Å². The lowest BCUT2D eigenvalue weighted by Gasteiger charge is -2.22. The van der Waals surface area contributed by atoms with Crippen LogP contribution in [0.15, 0.2) is 0 Å². The third-order valence-corrected chi connectivity index (χ3v) is 2.88. The van der Waals surface area contributed by atoms with Crippen LogP contribution in [0.25, 0.3) is 0 Å². The van der Waals surface area contributed by atoms with Crippen molar-refractivity contribution in [3.8, 4) is 0 Å². The summed E-state index contributed by atoms with van der Waals surface area (Å²) in [5.41, 5.74) is 2.43. The number of nitrogens with zero attached hydrogens (tertiary/aromatic N) is 5. The summed E-state index contributed by atoms with van der Waals surface area (Å²) in [7, 11) is 1.75.